The summed E-state index contributed by atoms with van der Waals surface area (Å²) in [7, 11) is -4.02. The van der Waals surface area contributed by atoms with E-state index in [1.807, 2.05) is 0 Å². The van der Waals surface area contributed by atoms with Gasteiger partial charge in [0.2, 0.25) is 15.7 Å². The summed E-state index contributed by atoms with van der Waals surface area (Å²) in [4.78, 5) is 22.7. The van der Waals surface area contributed by atoms with Crippen LogP contribution in [0.15, 0.2) is 76.5 Å². The van der Waals surface area contributed by atoms with Gasteiger partial charge in [-0.1, -0.05) is 35.9 Å². The number of carbonyl (C=O) groups excluding carboxylic acids is 1. The van der Waals surface area contributed by atoms with Gasteiger partial charge in [-0.2, -0.15) is 0 Å². The van der Waals surface area contributed by atoms with Gasteiger partial charge in [0.1, 0.15) is 6.61 Å². The molecule has 9 nitrogen and oxygen atoms in total. The maximum Gasteiger partial charge on any atom is 0.337 e. The number of anilines is 1. The van der Waals surface area contributed by atoms with Gasteiger partial charge in [0.05, 0.1) is 27.1 Å². The molecule has 3 aromatic rings. The number of hydrogen-bond donors (Lipinski definition) is 5. The van der Waals surface area contributed by atoms with E-state index in [1.54, 1.807) is 36.4 Å². The fourth-order valence-corrected chi connectivity index (χ4v) is 4.93. The number of rotatable bonds is 11. The van der Waals surface area contributed by atoms with Gasteiger partial charge in [-0.25, -0.2) is 13.2 Å². The number of carboxylic acids is 1. The standard InChI is InChI=1S/C25H25ClN2O7S.ClH/c26-18-3-1-2-17(12-18)23(30)14-27-11-10-16-4-6-19(7-5-16)36(34,35)20-8-9-22(28-24(31)15-29)21(13-20)25(32)33;/h1-9,12-13,23,27,29-30H,10-11,14-15H2,(H,28,31)(H,32,33);1H/t23-;/m0./s1. The maximum absolute atomic E-state index is 13.0. The van der Waals surface area contributed by atoms with Crippen LogP contribution in [0.1, 0.15) is 27.6 Å². The predicted molar refractivity (Wildman–Crippen MR) is 141 cm³/mol. The summed E-state index contributed by atoms with van der Waals surface area (Å²) < 4.78 is 26.1. The molecular weight excluding hydrogens is 543 g/mol. The Labute approximate surface area is 225 Å². The molecule has 3 aromatic carbocycles. The number of halogens is 2. The molecule has 12 heteroatoms. The molecule has 1 atom stereocenters. The fraction of sp³-hybridized carbons (Fsp3) is 0.200. The van der Waals surface area contributed by atoms with Crippen molar-refractivity contribution in [3.05, 3.63) is 88.4 Å². The molecule has 5 N–H and O–H groups in total. The van der Waals surface area contributed by atoms with Crippen molar-refractivity contribution in [1.82, 2.24) is 5.32 Å². The second kappa shape index (κ2) is 13.5. The van der Waals surface area contributed by atoms with Crippen LogP contribution >= 0.6 is 24.0 Å². The smallest absolute Gasteiger partial charge is 0.337 e. The molecule has 0 spiro atoms. The van der Waals surface area contributed by atoms with Crippen molar-refractivity contribution in [1.29, 1.82) is 0 Å². The fourth-order valence-electron chi connectivity index (χ4n) is 3.44. The van der Waals surface area contributed by atoms with Crippen molar-refractivity contribution in [2.75, 3.05) is 25.0 Å². The predicted octanol–water partition coefficient (Wildman–Crippen LogP) is 3.09. The molecule has 0 aliphatic carbocycles. The highest BCUT2D eigenvalue weighted by atomic mass is 35.5. The van der Waals surface area contributed by atoms with Gasteiger partial charge in [0.25, 0.3) is 0 Å². The highest BCUT2D eigenvalue weighted by molar-refractivity contribution is 7.91. The number of aromatic carboxylic acids is 1. The second-order valence-corrected chi connectivity index (χ2v) is 10.3. The summed E-state index contributed by atoms with van der Waals surface area (Å²) >= 11 is 5.94. The van der Waals surface area contributed by atoms with Crippen LogP contribution < -0.4 is 10.6 Å². The van der Waals surface area contributed by atoms with E-state index in [9.17, 15) is 28.2 Å². The van der Waals surface area contributed by atoms with E-state index in [0.29, 0.717) is 30.1 Å². The summed E-state index contributed by atoms with van der Waals surface area (Å²) in [5, 5.41) is 34.4. The second-order valence-electron chi connectivity index (χ2n) is 7.89. The van der Waals surface area contributed by atoms with E-state index in [2.05, 4.69) is 10.6 Å². The Morgan fingerprint density at radius 3 is 2.27 bits per heavy atom. The third-order valence-electron chi connectivity index (χ3n) is 5.34. The number of aliphatic hydroxyl groups is 2. The van der Waals surface area contributed by atoms with E-state index < -0.39 is 40.0 Å². The highest BCUT2D eigenvalue weighted by Gasteiger charge is 2.22. The van der Waals surface area contributed by atoms with Crippen LogP contribution in [0.5, 0.6) is 0 Å². The lowest BCUT2D eigenvalue weighted by molar-refractivity contribution is -0.118. The van der Waals surface area contributed by atoms with Crippen molar-refractivity contribution < 1.29 is 33.3 Å². The van der Waals surface area contributed by atoms with Crippen molar-refractivity contribution in [3.8, 4) is 0 Å². The molecule has 3 rings (SSSR count). The van der Waals surface area contributed by atoms with Crippen LogP contribution in [0.25, 0.3) is 0 Å². The van der Waals surface area contributed by atoms with Gasteiger partial charge in [-0.15, -0.1) is 12.4 Å². The Morgan fingerprint density at radius 1 is 0.973 bits per heavy atom. The minimum Gasteiger partial charge on any atom is -0.478 e. The number of nitrogens with one attached hydrogen (secondary N) is 2. The van der Waals surface area contributed by atoms with Gasteiger partial charge in [-0.3, -0.25) is 4.79 Å². The zero-order chi connectivity index (χ0) is 26.3. The average molecular weight is 569 g/mol. The van der Waals surface area contributed by atoms with Crippen molar-refractivity contribution in [2.24, 2.45) is 0 Å². The summed E-state index contributed by atoms with van der Waals surface area (Å²) in [6.07, 6.45) is -0.124. The van der Waals surface area contributed by atoms with Crippen LogP contribution in [0, 0.1) is 0 Å². The summed E-state index contributed by atoms with van der Waals surface area (Å²) in [6, 6.07) is 16.5. The van der Waals surface area contributed by atoms with Crippen LogP contribution in [-0.4, -0.2) is 55.3 Å². The number of amides is 1. The molecule has 0 aliphatic heterocycles. The van der Waals surface area contributed by atoms with Crippen LogP contribution in [0.3, 0.4) is 0 Å². The normalized spacial score (nSPS) is 11.9. The number of hydrogen-bond acceptors (Lipinski definition) is 7. The third-order valence-corrected chi connectivity index (χ3v) is 7.35. The number of carboxylic acid groups (broad SMARTS) is 1. The molecule has 1 amide bonds. The SMILES string of the molecule is Cl.O=C(CO)Nc1ccc(S(=O)(=O)c2ccc(CCNC[C@H](O)c3cccc(Cl)c3)cc2)cc1C(=O)O. The van der Waals surface area contributed by atoms with Crippen LogP contribution in [0.4, 0.5) is 5.69 Å². The summed E-state index contributed by atoms with van der Waals surface area (Å²) in [6.45, 7) is 0.0314. The first-order chi connectivity index (χ1) is 17.1. The number of aliphatic hydroxyl groups excluding tert-OH is 2. The maximum atomic E-state index is 13.0. The van der Waals surface area contributed by atoms with E-state index in [-0.39, 0.29) is 27.9 Å². The Morgan fingerprint density at radius 2 is 1.65 bits per heavy atom. The summed E-state index contributed by atoms with van der Waals surface area (Å²) in [5.74, 6) is -2.25. The molecule has 0 saturated heterocycles. The zero-order valence-electron chi connectivity index (χ0n) is 19.4. The van der Waals surface area contributed by atoms with E-state index in [4.69, 9.17) is 16.7 Å². The molecule has 37 heavy (non-hydrogen) atoms. The van der Waals surface area contributed by atoms with Crippen LogP contribution in [-0.2, 0) is 21.1 Å². The molecule has 0 heterocycles. The first-order valence-electron chi connectivity index (χ1n) is 10.9. The lowest BCUT2D eigenvalue weighted by Crippen LogP contribution is -2.23. The Balaban J connectivity index is 0.00000481. The molecule has 0 saturated carbocycles. The van der Waals surface area contributed by atoms with Gasteiger partial charge in [-0.05, 0) is 66.6 Å². The minimum atomic E-state index is -4.02. The van der Waals surface area contributed by atoms with Gasteiger partial charge in [0.15, 0.2) is 0 Å². The quantitative estimate of drug-likeness (QED) is 0.221. The molecule has 0 aromatic heterocycles. The Bertz CT molecular complexity index is 1350. The molecule has 0 unspecified atom stereocenters. The summed E-state index contributed by atoms with van der Waals surface area (Å²) in [5.41, 5.74) is 1.04. The number of carbonyl (C=O) groups is 2. The molecule has 198 valence electrons. The largest absolute Gasteiger partial charge is 0.478 e. The molecule has 0 aliphatic rings. The van der Waals surface area contributed by atoms with Crippen molar-refractivity contribution in [3.63, 3.8) is 0 Å². The number of sulfone groups is 1. The van der Waals surface area contributed by atoms with Gasteiger partial charge in [0, 0.05) is 11.6 Å². The van der Waals surface area contributed by atoms with E-state index in [0.717, 1.165) is 11.6 Å². The average Bonchev–Trinajstić information content (AvgIpc) is 2.86. The molecular formula is C25H26Cl2N2O7S. The van der Waals surface area contributed by atoms with Gasteiger partial charge >= 0.3 is 5.97 Å². The van der Waals surface area contributed by atoms with Crippen molar-refractivity contribution >= 4 is 51.4 Å². The van der Waals surface area contributed by atoms with Gasteiger partial charge < -0.3 is 26.0 Å². The number of benzene rings is 3. The molecule has 0 fully saturated rings. The zero-order valence-corrected chi connectivity index (χ0v) is 21.8. The van der Waals surface area contributed by atoms with Crippen molar-refractivity contribution in [2.45, 2.75) is 22.3 Å². The highest BCUT2D eigenvalue weighted by Crippen LogP contribution is 2.26. The minimum absolute atomic E-state index is 0. The first kappa shape index (κ1) is 30.2. The third kappa shape index (κ3) is 8.00. The first-order valence-corrected chi connectivity index (χ1v) is 12.7. The lowest BCUT2D eigenvalue weighted by Gasteiger charge is -2.13. The Kier molecular flexibility index (Phi) is 11.1. The van der Waals surface area contributed by atoms with E-state index >= 15 is 0 Å². The van der Waals surface area contributed by atoms with Crippen LogP contribution in [0.2, 0.25) is 5.02 Å². The van der Waals surface area contributed by atoms with E-state index in [1.165, 1.54) is 24.3 Å². The topological polar surface area (TPSA) is 153 Å². The molecule has 0 bridgehead atoms. The molecule has 0 radical (unpaired) electrons. The monoisotopic (exact) mass is 568 g/mol. The lowest BCUT2D eigenvalue weighted by atomic mass is 10.1. The Hall–Kier alpha value is -2.99.